The molecule has 0 unspecified atom stereocenters. The van der Waals surface area contributed by atoms with Gasteiger partial charge in [-0.2, -0.15) is 0 Å². The third-order valence-corrected chi connectivity index (χ3v) is 3.69. The van der Waals surface area contributed by atoms with Crippen LogP contribution in [0.15, 0.2) is 0 Å². The van der Waals surface area contributed by atoms with E-state index in [1.54, 1.807) is 0 Å². The Morgan fingerprint density at radius 1 is 1.27 bits per heavy atom. The van der Waals surface area contributed by atoms with E-state index in [0.717, 1.165) is 31.9 Å². The number of nitrogens with one attached hydrogen (secondary N) is 2. The Kier molecular flexibility index (Phi) is 2.41. The summed E-state index contributed by atoms with van der Waals surface area (Å²) in [7, 11) is 0. The van der Waals surface area contributed by atoms with E-state index in [0.29, 0.717) is 12.1 Å². The van der Waals surface area contributed by atoms with Crippen molar-refractivity contribution in [3.8, 4) is 0 Å². The molecule has 2 aliphatic heterocycles. The fraction of sp³-hybridized carbons (Fsp3) is 0.909. The average Bonchev–Trinajstić information content (AvgIpc) is 2.85. The van der Waals surface area contributed by atoms with Crippen LogP contribution >= 0.6 is 0 Å². The van der Waals surface area contributed by atoms with Crippen LogP contribution in [0.5, 0.6) is 0 Å². The van der Waals surface area contributed by atoms with E-state index in [9.17, 15) is 4.79 Å². The van der Waals surface area contributed by atoms with E-state index in [-0.39, 0.29) is 11.9 Å². The number of rotatable bonds is 3. The lowest BCUT2D eigenvalue weighted by molar-refractivity contribution is -0.121. The molecule has 0 bridgehead atoms. The summed E-state index contributed by atoms with van der Waals surface area (Å²) in [4.78, 5) is 11.4. The van der Waals surface area contributed by atoms with Crippen LogP contribution in [0.2, 0.25) is 0 Å². The van der Waals surface area contributed by atoms with Gasteiger partial charge in [-0.05, 0) is 31.6 Å². The highest BCUT2D eigenvalue weighted by atomic mass is 16.5. The summed E-state index contributed by atoms with van der Waals surface area (Å²) in [6.45, 7) is 1.67. The van der Waals surface area contributed by atoms with Gasteiger partial charge in [0.05, 0.1) is 12.1 Å². The first kappa shape index (κ1) is 9.60. The molecule has 3 aliphatic rings. The molecular formula is C11H18N2O2. The lowest BCUT2D eigenvalue weighted by Crippen LogP contribution is -2.46. The van der Waals surface area contributed by atoms with Gasteiger partial charge in [-0.25, -0.2) is 0 Å². The van der Waals surface area contributed by atoms with Crippen molar-refractivity contribution in [2.75, 3.05) is 13.2 Å². The second-order valence-electron chi connectivity index (χ2n) is 4.87. The number of carbonyl (C=O) groups excluding carboxylic acids is 1. The smallest absolute Gasteiger partial charge is 0.237 e. The second kappa shape index (κ2) is 3.76. The molecule has 2 saturated heterocycles. The zero-order valence-electron chi connectivity index (χ0n) is 8.87. The summed E-state index contributed by atoms with van der Waals surface area (Å²) in [5, 5.41) is 6.32. The minimum absolute atomic E-state index is 0.0259. The Hall–Kier alpha value is -0.610. The number of ether oxygens (including phenoxy) is 1. The summed E-state index contributed by atoms with van der Waals surface area (Å²) in [5.74, 6) is 0.922. The van der Waals surface area contributed by atoms with E-state index in [1.165, 1.54) is 12.8 Å². The van der Waals surface area contributed by atoms with Crippen LogP contribution in [0.3, 0.4) is 0 Å². The lowest BCUT2D eigenvalue weighted by Gasteiger charge is -2.22. The largest absolute Gasteiger partial charge is 0.376 e. The first-order chi connectivity index (χ1) is 7.34. The first-order valence-electron chi connectivity index (χ1n) is 6.00. The molecule has 0 aromatic heterocycles. The number of carbonyl (C=O) groups is 1. The molecule has 84 valence electrons. The highest BCUT2D eigenvalue weighted by Crippen LogP contribution is 2.38. The Morgan fingerprint density at radius 2 is 2.13 bits per heavy atom. The van der Waals surface area contributed by atoms with Crippen molar-refractivity contribution in [3.63, 3.8) is 0 Å². The summed E-state index contributed by atoms with van der Waals surface area (Å²) < 4.78 is 5.74. The van der Waals surface area contributed by atoms with Gasteiger partial charge in [-0.15, -0.1) is 0 Å². The van der Waals surface area contributed by atoms with Crippen LogP contribution in [-0.4, -0.2) is 37.2 Å². The monoisotopic (exact) mass is 210 g/mol. The highest BCUT2D eigenvalue weighted by molar-refractivity contribution is 5.83. The van der Waals surface area contributed by atoms with Crippen LogP contribution in [0.1, 0.15) is 25.7 Å². The molecule has 4 nitrogen and oxygen atoms in total. The normalized spacial score (nSPS) is 40.8. The van der Waals surface area contributed by atoms with Crippen LogP contribution in [-0.2, 0) is 9.53 Å². The number of hydrogen-bond donors (Lipinski definition) is 2. The van der Waals surface area contributed by atoms with Gasteiger partial charge in [0.25, 0.3) is 0 Å². The molecule has 1 amide bonds. The molecule has 0 aromatic carbocycles. The summed E-state index contributed by atoms with van der Waals surface area (Å²) in [6.07, 6.45) is 4.97. The zero-order chi connectivity index (χ0) is 10.3. The topological polar surface area (TPSA) is 50.4 Å². The quantitative estimate of drug-likeness (QED) is 0.691. The molecule has 2 heterocycles. The van der Waals surface area contributed by atoms with Gasteiger partial charge in [-0.3, -0.25) is 4.79 Å². The maximum atomic E-state index is 11.4. The number of amides is 1. The third-order valence-electron chi connectivity index (χ3n) is 3.69. The maximum Gasteiger partial charge on any atom is 0.237 e. The predicted molar refractivity (Wildman–Crippen MR) is 55.4 cm³/mol. The average molecular weight is 210 g/mol. The summed E-state index contributed by atoms with van der Waals surface area (Å²) in [6, 6.07) is 0.435. The lowest BCUT2D eigenvalue weighted by atomic mass is 10.0. The van der Waals surface area contributed by atoms with E-state index in [1.807, 2.05) is 0 Å². The third kappa shape index (κ3) is 1.88. The second-order valence-corrected chi connectivity index (χ2v) is 4.87. The van der Waals surface area contributed by atoms with Crippen LogP contribution in [0.25, 0.3) is 0 Å². The van der Waals surface area contributed by atoms with Crippen molar-refractivity contribution < 1.29 is 9.53 Å². The van der Waals surface area contributed by atoms with E-state index in [4.69, 9.17) is 4.74 Å². The molecule has 3 atom stereocenters. The van der Waals surface area contributed by atoms with Crippen molar-refractivity contribution in [3.05, 3.63) is 0 Å². The molecule has 1 aliphatic carbocycles. The Balaban J connectivity index is 1.59. The van der Waals surface area contributed by atoms with Crippen LogP contribution in [0, 0.1) is 5.92 Å². The van der Waals surface area contributed by atoms with Gasteiger partial charge in [0.1, 0.15) is 0 Å². The SMILES string of the molecule is O=C1NCC[C@@H]1N[C@H]1CCO[C@@H]1C1CC1. The first-order valence-corrected chi connectivity index (χ1v) is 6.00. The van der Waals surface area contributed by atoms with Crippen molar-refractivity contribution >= 4 is 5.91 Å². The Bertz CT molecular complexity index is 265. The van der Waals surface area contributed by atoms with Crippen LogP contribution < -0.4 is 10.6 Å². The minimum Gasteiger partial charge on any atom is -0.376 e. The Morgan fingerprint density at radius 3 is 2.80 bits per heavy atom. The molecule has 0 radical (unpaired) electrons. The van der Waals surface area contributed by atoms with Crippen molar-refractivity contribution in [1.82, 2.24) is 10.6 Å². The maximum absolute atomic E-state index is 11.4. The van der Waals surface area contributed by atoms with Gasteiger partial charge >= 0.3 is 0 Å². The molecular weight excluding hydrogens is 192 g/mol. The van der Waals surface area contributed by atoms with E-state index < -0.39 is 0 Å². The summed E-state index contributed by atoms with van der Waals surface area (Å²) in [5.41, 5.74) is 0. The molecule has 15 heavy (non-hydrogen) atoms. The molecule has 0 aromatic rings. The molecule has 1 saturated carbocycles. The van der Waals surface area contributed by atoms with E-state index in [2.05, 4.69) is 10.6 Å². The zero-order valence-corrected chi connectivity index (χ0v) is 8.87. The standard InChI is InChI=1S/C11H18N2O2/c14-11-9(3-5-12-11)13-8-4-6-15-10(8)7-1-2-7/h7-10,13H,1-6H2,(H,12,14)/t8-,9-,10+/m0/s1. The number of hydrogen-bond acceptors (Lipinski definition) is 3. The van der Waals surface area contributed by atoms with Crippen LogP contribution in [0.4, 0.5) is 0 Å². The molecule has 2 N–H and O–H groups in total. The molecule has 3 rings (SSSR count). The van der Waals surface area contributed by atoms with Gasteiger partial charge in [0, 0.05) is 19.2 Å². The van der Waals surface area contributed by atoms with Gasteiger partial charge in [-0.1, -0.05) is 0 Å². The van der Waals surface area contributed by atoms with Crippen molar-refractivity contribution in [2.24, 2.45) is 5.92 Å². The fourth-order valence-corrected chi connectivity index (χ4v) is 2.69. The Labute approximate surface area is 89.7 Å². The molecule has 0 spiro atoms. The molecule has 3 fully saturated rings. The van der Waals surface area contributed by atoms with Crippen molar-refractivity contribution in [2.45, 2.75) is 43.9 Å². The van der Waals surface area contributed by atoms with Gasteiger partial charge in [0.2, 0.25) is 5.91 Å². The van der Waals surface area contributed by atoms with Gasteiger partial charge in [0.15, 0.2) is 0 Å². The van der Waals surface area contributed by atoms with Crippen molar-refractivity contribution in [1.29, 1.82) is 0 Å². The minimum atomic E-state index is 0.0259. The predicted octanol–water partition coefficient (Wildman–Crippen LogP) is 0.0320. The fourth-order valence-electron chi connectivity index (χ4n) is 2.69. The van der Waals surface area contributed by atoms with E-state index >= 15 is 0 Å². The summed E-state index contributed by atoms with van der Waals surface area (Å²) >= 11 is 0. The highest BCUT2D eigenvalue weighted by Gasteiger charge is 2.42. The van der Waals surface area contributed by atoms with Gasteiger partial charge < -0.3 is 15.4 Å². The molecule has 4 heteroatoms.